The van der Waals surface area contributed by atoms with Crippen LogP contribution < -0.4 is 4.90 Å². The van der Waals surface area contributed by atoms with Gasteiger partial charge in [-0.25, -0.2) is 4.79 Å². The zero-order valence-electron chi connectivity index (χ0n) is 11.9. The van der Waals surface area contributed by atoms with Gasteiger partial charge < -0.3 is 4.90 Å². The highest BCUT2D eigenvalue weighted by atomic mass is 16.2. The van der Waals surface area contributed by atoms with Gasteiger partial charge in [-0.1, -0.05) is 54.6 Å². The highest BCUT2D eigenvalue weighted by molar-refractivity contribution is 5.95. The van der Waals surface area contributed by atoms with Crippen molar-refractivity contribution in [1.29, 1.82) is 0 Å². The van der Waals surface area contributed by atoms with Gasteiger partial charge in [0.25, 0.3) is 0 Å². The Balaban J connectivity index is 1.83. The summed E-state index contributed by atoms with van der Waals surface area (Å²) >= 11 is 0. The molecule has 0 aromatic heterocycles. The maximum Gasteiger partial charge on any atom is 0.325 e. The molecule has 21 heavy (non-hydrogen) atoms. The number of carbonyl (C=O) groups excluding carboxylic acids is 1. The largest absolute Gasteiger partial charge is 0.325 e. The SMILES string of the molecule is C=CC1CN(Cc2ccccc2)C(=O)N1c1ccccc1. The lowest BCUT2D eigenvalue weighted by Gasteiger charge is -2.21. The number of rotatable bonds is 4. The van der Waals surface area contributed by atoms with E-state index in [9.17, 15) is 4.79 Å². The second kappa shape index (κ2) is 5.83. The van der Waals surface area contributed by atoms with Crippen molar-refractivity contribution in [3.63, 3.8) is 0 Å². The second-order valence-electron chi connectivity index (χ2n) is 5.16. The summed E-state index contributed by atoms with van der Waals surface area (Å²) in [6.07, 6.45) is 1.84. The van der Waals surface area contributed by atoms with E-state index in [0.29, 0.717) is 13.1 Å². The minimum Gasteiger partial charge on any atom is -0.318 e. The first-order valence-corrected chi connectivity index (χ1v) is 7.09. The van der Waals surface area contributed by atoms with E-state index in [0.717, 1.165) is 11.3 Å². The standard InChI is InChI=1S/C18H18N2O/c1-2-16-14-19(13-15-9-5-3-6-10-15)18(21)20(16)17-11-7-4-8-12-17/h2-12,16H,1,13-14H2. The third-order valence-electron chi connectivity index (χ3n) is 3.74. The van der Waals surface area contributed by atoms with E-state index in [1.165, 1.54) is 0 Å². The van der Waals surface area contributed by atoms with Gasteiger partial charge in [-0.3, -0.25) is 4.90 Å². The van der Waals surface area contributed by atoms with Gasteiger partial charge >= 0.3 is 6.03 Å². The Kier molecular flexibility index (Phi) is 3.73. The lowest BCUT2D eigenvalue weighted by Crippen LogP contribution is -2.34. The summed E-state index contributed by atoms with van der Waals surface area (Å²) in [4.78, 5) is 16.4. The monoisotopic (exact) mass is 278 g/mol. The number of hydrogen-bond donors (Lipinski definition) is 0. The van der Waals surface area contributed by atoms with Gasteiger partial charge in [0.2, 0.25) is 0 Å². The Hall–Kier alpha value is -2.55. The van der Waals surface area contributed by atoms with E-state index in [-0.39, 0.29) is 12.1 Å². The zero-order valence-corrected chi connectivity index (χ0v) is 11.9. The Morgan fingerprint density at radius 2 is 1.67 bits per heavy atom. The molecular weight excluding hydrogens is 260 g/mol. The first-order chi connectivity index (χ1) is 10.3. The number of amides is 2. The molecule has 106 valence electrons. The van der Waals surface area contributed by atoms with Crippen molar-refractivity contribution < 1.29 is 4.79 Å². The third-order valence-corrected chi connectivity index (χ3v) is 3.74. The predicted molar refractivity (Wildman–Crippen MR) is 85.2 cm³/mol. The number of nitrogens with zero attached hydrogens (tertiary/aromatic N) is 2. The molecule has 0 bridgehead atoms. The Bertz CT molecular complexity index is 624. The molecule has 1 aliphatic rings. The van der Waals surface area contributed by atoms with E-state index in [1.807, 2.05) is 76.5 Å². The molecule has 1 atom stereocenters. The molecule has 1 heterocycles. The minimum absolute atomic E-state index is 0.0172. The molecule has 3 rings (SSSR count). The van der Waals surface area contributed by atoms with Gasteiger partial charge in [-0.15, -0.1) is 6.58 Å². The van der Waals surface area contributed by atoms with Crippen molar-refractivity contribution in [3.8, 4) is 0 Å². The molecule has 1 fully saturated rings. The highest BCUT2D eigenvalue weighted by Crippen LogP contribution is 2.26. The molecule has 1 unspecified atom stereocenters. The van der Waals surface area contributed by atoms with Gasteiger partial charge in [0.05, 0.1) is 6.04 Å². The summed E-state index contributed by atoms with van der Waals surface area (Å²) in [6.45, 7) is 5.18. The fourth-order valence-corrected chi connectivity index (χ4v) is 2.69. The van der Waals surface area contributed by atoms with E-state index in [2.05, 4.69) is 6.58 Å². The normalized spacial score (nSPS) is 18.1. The fraction of sp³-hybridized carbons (Fsp3) is 0.167. The van der Waals surface area contributed by atoms with Crippen molar-refractivity contribution in [1.82, 2.24) is 4.90 Å². The highest BCUT2D eigenvalue weighted by Gasteiger charge is 2.36. The topological polar surface area (TPSA) is 23.6 Å². The summed E-state index contributed by atoms with van der Waals surface area (Å²) in [7, 11) is 0. The lowest BCUT2D eigenvalue weighted by atomic mass is 10.2. The summed E-state index contributed by atoms with van der Waals surface area (Å²) < 4.78 is 0. The van der Waals surface area contributed by atoms with Crippen LogP contribution in [-0.4, -0.2) is 23.5 Å². The molecule has 0 spiro atoms. The van der Waals surface area contributed by atoms with Crippen molar-refractivity contribution >= 4 is 11.7 Å². The van der Waals surface area contributed by atoms with E-state index in [1.54, 1.807) is 0 Å². The molecule has 2 aromatic rings. The molecule has 0 aliphatic carbocycles. The van der Waals surface area contributed by atoms with Crippen LogP contribution in [0.4, 0.5) is 10.5 Å². The van der Waals surface area contributed by atoms with Gasteiger partial charge in [0, 0.05) is 18.8 Å². The number of anilines is 1. The van der Waals surface area contributed by atoms with Crippen molar-refractivity contribution in [3.05, 3.63) is 78.9 Å². The Labute approximate surface area is 125 Å². The quantitative estimate of drug-likeness (QED) is 0.782. The Morgan fingerprint density at radius 3 is 2.29 bits per heavy atom. The van der Waals surface area contributed by atoms with Crippen LogP contribution in [0.15, 0.2) is 73.3 Å². The van der Waals surface area contributed by atoms with Crippen LogP contribution in [0.1, 0.15) is 5.56 Å². The average Bonchev–Trinajstić information content (AvgIpc) is 2.85. The van der Waals surface area contributed by atoms with Crippen LogP contribution in [0.2, 0.25) is 0 Å². The molecule has 0 N–H and O–H groups in total. The number of carbonyl (C=O) groups is 1. The molecule has 0 saturated carbocycles. The van der Waals surface area contributed by atoms with Crippen molar-refractivity contribution in [2.45, 2.75) is 12.6 Å². The summed E-state index contributed by atoms with van der Waals surface area (Å²) in [5, 5.41) is 0. The summed E-state index contributed by atoms with van der Waals surface area (Å²) in [5.74, 6) is 0. The number of urea groups is 1. The van der Waals surface area contributed by atoms with E-state index in [4.69, 9.17) is 0 Å². The van der Waals surface area contributed by atoms with Crippen LogP contribution in [0.3, 0.4) is 0 Å². The van der Waals surface area contributed by atoms with E-state index < -0.39 is 0 Å². The molecule has 3 heteroatoms. The maximum atomic E-state index is 12.7. The fourth-order valence-electron chi connectivity index (χ4n) is 2.69. The zero-order chi connectivity index (χ0) is 14.7. The average molecular weight is 278 g/mol. The molecule has 1 aliphatic heterocycles. The van der Waals surface area contributed by atoms with Crippen LogP contribution in [0.5, 0.6) is 0 Å². The second-order valence-corrected chi connectivity index (χ2v) is 5.16. The predicted octanol–water partition coefficient (Wildman–Crippen LogP) is 3.68. The molecule has 0 radical (unpaired) electrons. The third kappa shape index (κ3) is 2.68. The molecule has 2 amide bonds. The first-order valence-electron chi connectivity index (χ1n) is 7.09. The van der Waals surface area contributed by atoms with Crippen LogP contribution in [0, 0.1) is 0 Å². The smallest absolute Gasteiger partial charge is 0.318 e. The summed E-state index contributed by atoms with van der Waals surface area (Å²) in [6, 6.07) is 19.9. The van der Waals surface area contributed by atoms with Gasteiger partial charge in [0.1, 0.15) is 0 Å². The van der Waals surface area contributed by atoms with Crippen molar-refractivity contribution in [2.24, 2.45) is 0 Å². The van der Waals surface area contributed by atoms with Crippen LogP contribution in [0.25, 0.3) is 0 Å². The molecular formula is C18H18N2O. The summed E-state index contributed by atoms with van der Waals surface area (Å²) in [5.41, 5.74) is 2.06. The molecule has 1 saturated heterocycles. The Morgan fingerprint density at radius 1 is 1.05 bits per heavy atom. The first kappa shape index (κ1) is 13.4. The maximum absolute atomic E-state index is 12.7. The molecule has 2 aromatic carbocycles. The van der Waals surface area contributed by atoms with Gasteiger partial charge in [0.15, 0.2) is 0 Å². The molecule has 3 nitrogen and oxygen atoms in total. The number of benzene rings is 2. The lowest BCUT2D eigenvalue weighted by molar-refractivity contribution is 0.218. The number of hydrogen-bond acceptors (Lipinski definition) is 1. The van der Waals surface area contributed by atoms with Crippen molar-refractivity contribution in [2.75, 3.05) is 11.4 Å². The van der Waals surface area contributed by atoms with Crippen LogP contribution in [-0.2, 0) is 6.54 Å². The minimum atomic E-state index is 0.0172. The van der Waals surface area contributed by atoms with Crippen LogP contribution >= 0.6 is 0 Å². The van der Waals surface area contributed by atoms with Gasteiger partial charge in [-0.2, -0.15) is 0 Å². The number of para-hydroxylation sites is 1. The van der Waals surface area contributed by atoms with E-state index >= 15 is 0 Å². The van der Waals surface area contributed by atoms with Gasteiger partial charge in [-0.05, 0) is 17.7 Å².